The minimum Gasteiger partial charge on any atom is -0.493 e. The zero-order valence-electron chi connectivity index (χ0n) is 11.8. The highest BCUT2D eigenvalue weighted by atomic mass is 79.9. The number of nitrogens with one attached hydrogen (secondary N) is 1. The summed E-state index contributed by atoms with van der Waals surface area (Å²) in [7, 11) is 0. The van der Waals surface area contributed by atoms with E-state index < -0.39 is 0 Å². The maximum Gasteiger partial charge on any atom is 0.127 e. The Bertz CT molecular complexity index is 642. The van der Waals surface area contributed by atoms with Crippen molar-refractivity contribution in [3.05, 3.63) is 63.4 Å². The normalized spacial score (nSPS) is 14.6. The zero-order chi connectivity index (χ0) is 14.8. The number of fused-ring (bicyclic) bond motifs is 1. The van der Waals surface area contributed by atoms with Gasteiger partial charge in [0.15, 0.2) is 0 Å². The van der Waals surface area contributed by atoms with Crippen LogP contribution in [-0.4, -0.2) is 6.61 Å². The first-order valence-corrected chi connectivity index (χ1v) is 7.86. The number of hydrogen-bond acceptors (Lipinski definition) is 2. The van der Waals surface area contributed by atoms with Crippen LogP contribution in [0.5, 0.6) is 5.75 Å². The van der Waals surface area contributed by atoms with Gasteiger partial charge in [0.05, 0.1) is 6.61 Å². The van der Waals surface area contributed by atoms with Crippen LogP contribution >= 0.6 is 15.9 Å². The lowest BCUT2D eigenvalue weighted by Crippen LogP contribution is -2.18. The van der Waals surface area contributed by atoms with Crippen molar-refractivity contribution in [1.29, 1.82) is 0 Å². The average Bonchev–Trinajstić information content (AvgIpc) is 2.93. The Hall–Kier alpha value is -1.39. The molecule has 110 valence electrons. The van der Waals surface area contributed by atoms with Crippen LogP contribution in [0.2, 0.25) is 0 Å². The van der Waals surface area contributed by atoms with Crippen molar-refractivity contribution in [1.82, 2.24) is 5.32 Å². The van der Waals surface area contributed by atoms with Crippen molar-refractivity contribution in [3.63, 3.8) is 0 Å². The molecule has 4 heteroatoms. The van der Waals surface area contributed by atoms with Crippen molar-refractivity contribution in [2.75, 3.05) is 6.61 Å². The van der Waals surface area contributed by atoms with Crippen molar-refractivity contribution in [2.24, 2.45) is 0 Å². The van der Waals surface area contributed by atoms with Crippen molar-refractivity contribution >= 4 is 15.9 Å². The molecular weight excluding hydrogens is 333 g/mol. The molecule has 0 saturated heterocycles. The Morgan fingerprint density at radius 3 is 2.81 bits per heavy atom. The summed E-state index contributed by atoms with van der Waals surface area (Å²) >= 11 is 3.55. The first-order valence-electron chi connectivity index (χ1n) is 7.06. The fourth-order valence-electron chi connectivity index (χ4n) is 2.61. The molecule has 0 aromatic heterocycles. The fraction of sp³-hybridized carbons (Fsp3) is 0.294. The summed E-state index contributed by atoms with van der Waals surface area (Å²) in [5.74, 6) is 0.807. The van der Waals surface area contributed by atoms with Crippen LogP contribution in [0, 0.1) is 5.82 Å². The molecular formula is C17H17BrFNO. The third kappa shape index (κ3) is 3.27. The number of benzene rings is 2. The molecule has 0 unspecified atom stereocenters. The molecule has 0 radical (unpaired) electrons. The van der Waals surface area contributed by atoms with Gasteiger partial charge in [0, 0.05) is 29.0 Å². The Morgan fingerprint density at radius 1 is 1.29 bits per heavy atom. The SMILES string of the molecule is C[C@@H](NCc1cc(Br)cc2c1OCC2)c1ccc(F)cc1. The lowest BCUT2D eigenvalue weighted by molar-refractivity contribution is 0.351. The predicted octanol–water partition coefficient (Wildman–Crippen LogP) is 4.37. The van der Waals surface area contributed by atoms with Crippen LogP contribution in [0.15, 0.2) is 40.9 Å². The highest BCUT2D eigenvalue weighted by Crippen LogP contribution is 2.33. The summed E-state index contributed by atoms with van der Waals surface area (Å²) in [6.45, 7) is 3.55. The third-order valence-electron chi connectivity index (χ3n) is 3.79. The monoisotopic (exact) mass is 349 g/mol. The number of halogens is 2. The molecule has 1 N–H and O–H groups in total. The first-order chi connectivity index (χ1) is 10.1. The van der Waals surface area contributed by atoms with Crippen LogP contribution in [0.3, 0.4) is 0 Å². The zero-order valence-corrected chi connectivity index (χ0v) is 13.4. The van der Waals surface area contributed by atoms with Crippen LogP contribution in [-0.2, 0) is 13.0 Å². The summed E-state index contributed by atoms with van der Waals surface area (Å²) in [5.41, 5.74) is 3.49. The summed E-state index contributed by atoms with van der Waals surface area (Å²) < 4.78 is 19.8. The van der Waals surface area contributed by atoms with Gasteiger partial charge in [0.2, 0.25) is 0 Å². The highest BCUT2D eigenvalue weighted by Gasteiger charge is 2.17. The average molecular weight is 350 g/mol. The maximum absolute atomic E-state index is 13.0. The molecule has 1 aliphatic rings. The highest BCUT2D eigenvalue weighted by molar-refractivity contribution is 9.10. The Kier molecular flexibility index (Phi) is 4.27. The Labute approximate surface area is 132 Å². The molecule has 1 heterocycles. The van der Waals surface area contributed by atoms with E-state index >= 15 is 0 Å². The molecule has 2 aromatic rings. The smallest absolute Gasteiger partial charge is 0.127 e. The summed E-state index contributed by atoms with van der Waals surface area (Å²) in [6, 6.07) is 11.0. The molecule has 0 saturated carbocycles. The van der Waals surface area contributed by atoms with Gasteiger partial charge in [-0.05, 0) is 42.3 Å². The van der Waals surface area contributed by atoms with Gasteiger partial charge >= 0.3 is 0 Å². The van der Waals surface area contributed by atoms with E-state index in [4.69, 9.17) is 4.74 Å². The summed E-state index contributed by atoms with van der Waals surface area (Å²) in [6.07, 6.45) is 0.968. The molecule has 1 aliphatic heterocycles. The molecule has 0 fully saturated rings. The van der Waals surface area contributed by atoms with E-state index in [1.165, 1.54) is 17.7 Å². The van der Waals surface area contributed by atoms with E-state index in [-0.39, 0.29) is 11.9 Å². The Balaban J connectivity index is 1.72. The van der Waals surface area contributed by atoms with Crippen LogP contribution in [0.1, 0.15) is 29.7 Å². The second-order valence-electron chi connectivity index (χ2n) is 5.31. The molecule has 2 nitrogen and oxygen atoms in total. The molecule has 3 rings (SSSR count). The number of hydrogen-bond donors (Lipinski definition) is 1. The van der Waals surface area contributed by atoms with Gasteiger partial charge in [-0.25, -0.2) is 4.39 Å². The van der Waals surface area contributed by atoms with E-state index in [0.717, 1.165) is 40.9 Å². The molecule has 0 bridgehead atoms. The van der Waals surface area contributed by atoms with Gasteiger partial charge < -0.3 is 10.1 Å². The standard InChI is InChI=1S/C17H17BrFNO/c1-11(12-2-4-16(19)5-3-12)20-10-14-9-15(18)8-13-6-7-21-17(13)14/h2-5,8-9,11,20H,6-7,10H2,1H3/t11-/m1/s1. The number of rotatable bonds is 4. The van der Waals surface area contributed by atoms with E-state index in [1.807, 2.05) is 12.1 Å². The van der Waals surface area contributed by atoms with Crippen LogP contribution in [0.25, 0.3) is 0 Å². The third-order valence-corrected chi connectivity index (χ3v) is 4.25. The Morgan fingerprint density at radius 2 is 2.05 bits per heavy atom. The number of ether oxygens (including phenoxy) is 1. The van der Waals surface area contributed by atoms with Gasteiger partial charge in [-0.1, -0.05) is 28.1 Å². The second-order valence-corrected chi connectivity index (χ2v) is 6.22. The largest absolute Gasteiger partial charge is 0.493 e. The van der Waals surface area contributed by atoms with Gasteiger partial charge in [-0.2, -0.15) is 0 Å². The van der Waals surface area contributed by atoms with Crippen LogP contribution < -0.4 is 10.1 Å². The molecule has 2 aromatic carbocycles. The minimum absolute atomic E-state index is 0.154. The quantitative estimate of drug-likeness (QED) is 0.884. The second kappa shape index (κ2) is 6.16. The summed E-state index contributed by atoms with van der Waals surface area (Å²) in [4.78, 5) is 0. The predicted molar refractivity (Wildman–Crippen MR) is 85.0 cm³/mol. The van der Waals surface area contributed by atoms with Gasteiger partial charge in [-0.15, -0.1) is 0 Å². The first kappa shape index (κ1) is 14.5. The van der Waals surface area contributed by atoms with Crippen molar-refractivity contribution < 1.29 is 9.13 Å². The maximum atomic E-state index is 13.0. The van der Waals surface area contributed by atoms with Gasteiger partial charge in [0.1, 0.15) is 11.6 Å². The molecule has 0 amide bonds. The van der Waals surface area contributed by atoms with E-state index in [0.29, 0.717) is 0 Å². The lowest BCUT2D eigenvalue weighted by Gasteiger charge is -2.16. The van der Waals surface area contributed by atoms with Crippen molar-refractivity contribution in [3.8, 4) is 5.75 Å². The fourth-order valence-corrected chi connectivity index (χ4v) is 3.16. The lowest BCUT2D eigenvalue weighted by atomic mass is 10.1. The molecule has 0 spiro atoms. The van der Waals surface area contributed by atoms with Gasteiger partial charge in [-0.3, -0.25) is 0 Å². The molecule has 0 aliphatic carbocycles. The topological polar surface area (TPSA) is 21.3 Å². The van der Waals surface area contributed by atoms with E-state index in [1.54, 1.807) is 0 Å². The van der Waals surface area contributed by atoms with Gasteiger partial charge in [0.25, 0.3) is 0 Å². The van der Waals surface area contributed by atoms with E-state index in [2.05, 4.69) is 40.3 Å². The summed E-state index contributed by atoms with van der Waals surface area (Å²) in [5, 5.41) is 3.47. The molecule has 21 heavy (non-hydrogen) atoms. The van der Waals surface area contributed by atoms with E-state index in [9.17, 15) is 4.39 Å². The minimum atomic E-state index is -0.204. The van der Waals surface area contributed by atoms with Crippen molar-refractivity contribution in [2.45, 2.75) is 25.9 Å². The molecule has 1 atom stereocenters. The van der Waals surface area contributed by atoms with Crippen LogP contribution in [0.4, 0.5) is 4.39 Å².